The normalized spacial score (nSPS) is 35.0. The predicted molar refractivity (Wildman–Crippen MR) is 128 cm³/mol. The first-order chi connectivity index (χ1) is 16.4. The Bertz CT molecular complexity index is 778. The number of carbonyl (C=O) groups is 3. The zero-order chi connectivity index (χ0) is 24.3. The van der Waals surface area contributed by atoms with Crippen LogP contribution in [0.5, 0.6) is 0 Å². The molecule has 2 unspecified atom stereocenters. The van der Waals surface area contributed by atoms with Crippen LogP contribution in [0.25, 0.3) is 0 Å². The minimum Gasteiger partial charge on any atom is -0.466 e. The van der Waals surface area contributed by atoms with Gasteiger partial charge in [-0.25, -0.2) is 0 Å². The zero-order valence-corrected chi connectivity index (χ0v) is 21.2. The molecule has 2 N–H and O–H groups in total. The molecule has 0 aromatic carbocycles. The molecule has 4 rings (SSSR count). The van der Waals surface area contributed by atoms with Crippen LogP contribution in [0.15, 0.2) is 0 Å². The maximum absolute atomic E-state index is 13.8. The van der Waals surface area contributed by atoms with Gasteiger partial charge < -0.3 is 24.8 Å². The fourth-order valence-corrected chi connectivity index (χ4v) is 8.73. The number of likely N-dealkylation sites (tertiary alicyclic amines) is 1. The predicted octanol–water partition coefficient (Wildman–Crippen LogP) is 0.642. The number of unbranched alkanes of at least 4 members (excludes halogenated alkanes) is 2. The number of aliphatic hydroxyl groups excluding tert-OH is 1. The average Bonchev–Trinajstić information content (AvgIpc) is 3.38. The standard InChI is InChI=1S/C24H39N3O6S/c1-3-33-22(31)18-17-21(30)27(10-5-4-6-14-28)19(24(17)8-7-23(18,2)34-24)20(29)25-9-11-26-12-15-32-16-13-26/h17-19,28H,3-16H2,1-2H3,(H,25,29)/t17-,18-,19?,23+,24?/m0/s1. The average molecular weight is 498 g/mol. The number of rotatable bonds is 11. The molecule has 0 radical (unpaired) electrons. The largest absolute Gasteiger partial charge is 0.466 e. The lowest BCUT2D eigenvalue weighted by Gasteiger charge is -2.34. The number of morpholine rings is 1. The van der Waals surface area contributed by atoms with E-state index in [2.05, 4.69) is 17.1 Å². The van der Waals surface area contributed by atoms with Gasteiger partial charge >= 0.3 is 5.97 Å². The zero-order valence-electron chi connectivity index (χ0n) is 20.4. The second-order valence-corrected chi connectivity index (χ2v) is 11.9. The van der Waals surface area contributed by atoms with Gasteiger partial charge in [0.1, 0.15) is 6.04 Å². The van der Waals surface area contributed by atoms with Crippen LogP contribution in [0.2, 0.25) is 0 Å². The van der Waals surface area contributed by atoms with Crippen LogP contribution in [0.1, 0.15) is 46.0 Å². The third-order valence-electron chi connectivity index (χ3n) is 7.95. The molecule has 0 aromatic heterocycles. The molecule has 4 saturated heterocycles. The van der Waals surface area contributed by atoms with E-state index in [9.17, 15) is 14.4 Å². The molecule has 1 spiro atoms. The monoisotopic (exact) mass is 497 g/mol. The molecular weight excluding hydrogens is 458 g/mol. The molecule has 9 nitrogen and oxygen atoms in total. The van der Waals surface area contributed by atoms with Gasteiger partial charge in [0.15, 0.2) is 0 Å². The van der Waals surface area contributed by atoms with Crippen LogP contribution in [-0.2, 0) is 23.9 Å². The Labute approximate surface area is 206 Å². The van der Waals surface area contributed by atoms with Gasteiger partial charge in [0.05, 0.1) is 36.4 Å². The van der Waals surface area contributed by atoms with Crippen molar-refractivity contribution in [3.05, 3.63) is 0 Å². The molecule has 4 aliphatic rings. The van der Waals surface area contributed by atoms with Crippen LogP contribution in [-0.4, -0.2) is 107 Å². The van der Waals surface area contributed by atoms with E-state index in [1.807, 2.05) is 0 Å². The summed E-state index contributed by atoms with van der Waals surface area (Å²) >= 11 is 1.67. The Hall–Kier alpha value is -1.36. The van der Waals surface area contributed by atoms with Crippen molar-refractivity contribution >= 4 is 29.5 Å². The number of aliphatic hydroxyl groups is 1. The van der Waals surface area contributed by atoms with Crippen LogP contribution < -0.4 is 5.32 Å². The molecule has 34 heavy (non-hydrogen) atoms. The quantitative estimate of drug-likeness (QED) is 0.316. The Morgan fingerprint density at radius 3 is 2.68 bits per heavy atom. The van der Waals surface area contributed by atoms with E-state index in [-0.39, 0.29) is 35.7 Å². The number of fused-ring (bicyclic) bond motifs is 1. The Morgan fingerprint density at radius 2 is 1.97 bits per heavy atom. The minimum atomic E-state index is -0.594. The molecule has 5 atom stereocenters. The molecule has 2 bridgehead atoms. The summed E-state index contributed by atoms with van der Waals surface area (Å²) in [5.41, 5.74) is 0. The van der Waals surface area contributed by atoms with Crippen molar-refractivity contribution in [3.8, 4) is 0 Å². The number of thioether (sulfide) groups is 1. The first-order valence-electron chi connectivity index (χ1n) is 12.7. The van der Waals surface area contributed by atoms with Crippen molar-refractivity contribution in [2.24, 2.45) is 11.8 Å². The second-order valence-electron chi connectivity index (χ2n) is 10.0. The Kier molecular flexibility index (Phi) is 8.11. The first kappa shape index (κ1) is 25.7. The van der Waals surface area contributed by atoms with E-state index in [0.717, 1.165) is 45.3 Å². The maximum atomic E-state index is 13.8. The van der Waals surface area contributed by atoms with Crippen LogP contribution in [0, 0.1) is 11.8 Å². The summed E-state index contributed by atoms with van der Waals surface area (Å²) in [5.74, 6) is -1.57. The molecule has 4 aliphatic heterocycles. The lowest BCUT2D eigenvalue weighted by Crippen LogP contribution is -2.54. The van der Waals surface area contributed by atoms with Gasteiger partial charge in [-0.05, 0) is 46.0 Å². The highest BCUT2D eigenvalue weighted by atomic mass is 32.2. The van der Waals surface area contributed by atoms with E-state index in [1.165, 1.54) is 0 Å². The second kappa shape index (κ2) is 10.7. The van der Waals surface area contributed by atoms with Gasteiger partial charge in [-0.2, -0.15) is 0 Å². The van der Waals surface area contributed by atoms with Crippen LogP contribution in [0.3, 0.4) is 0 Å². The van der Waals surface area contributed by atoms with E-state index in [0.29, 0.717) is 32.7 Å². The highest BCUT2D eigenvalue weighted by molar-refractivity contribution is 8.02. The Morgan fingerprint density at radius 1 is 1.21 bits per heavy atom. The fraction of sp³-hybridized carbons (Fsp3) is 0.875. The number of ether oxygens (including phenoxy) is 2. The SMILES string of the molecule is CCOC(=O)[C@@H]1[C@H]2C(=O)N(CCCCCO)C(C(=O)NCCN3CCOCC3)C23CC[C@@]1(C)S3. The number of hydrogen-bond donors (Lipinski definition) is 2. The Balaban J connectivity index is 1.53. The topological polar surface area (TPSA) is 108 Å². The van der Waals surface area contributed by atoms with Gasteiger partial charge in [-0.15, -0.1) is 11.8 Å². The summed E-state index contributed by atoms with van der Waals surface area (Å²) in [6.07, 6.45) is 3.72. The maximum Gasteiger partial charge on any atom is 0.311 e. The van der Waals surface area contributed by atoms with Gasteiger partial charge in [-0.1, -0.05) is 0 Å². The minimum absolute atomic E-state index is 0.0914. The summed E-state index contributed by atoms with van der Waals surface area (Å²) in [7, 11) is 0. The van der Waals surface area contributed by atoms with Gasteiger partial charge in [0, 0.05) is 44.1 Å². The number of esters is 1. The summed E-state index contributed by atoms with van der Waals surface area (Å²) in [6.45, 7) is 9.10. The molecule has 4 heterocycles. The lowest BCUT2D eigenvalue weighted by atomic mass is 9.66. The molecule has 10 heteroatoms. The van der Waals surface area contributed by atoms with Crippen LogP contribution in [0.4, 0.5) is 0 Å². The highest BCUT2D eigenvalue weighted by Crippen LogP contribution is 2.71. The van der Waals surface area contributed by atoms with E-state index in [1.54, 1.807) is 23.6 Å². The smallest absolute Gasteiger partial charge is 0.311 e. The van der Waals surface area contributed by atoms with Gasteiger partial charge in [0.25, 0.3) is 0 Å². The van der Waals surface area contributed by atoms with Gasteiger partial charge in [-0.3, -0.25) is 19.3 Å². The number of hydrogen-bond acceptors (Lipinski definition) is 8. The number of carbonyl (C=O) groups excluding carboxylic acids is 3. The summed E-state index contributed by atoms with van der Waals surface area (Å²) < 4.78 is 9.82. The van der Waals surface area contributed by atoms with Crippen LogP contribution >= 0.6 is 11.8 Å². The lowest BCUT2D eigenvalue weighted by molar-refractivity contribution is -0.155. The molecule has 0 saturated carbocycles. The van der Waals surface area contributed by atoms with E-state index in [4.69, 9.17) is 14.6 Å². The molecule has 192 valence electrons. The van der Waals surface area contributed by atoms with Gasteiger partial charge in [0.2, 0.25) is 11.8 Å². The third-order valence-corrected chi connectivity index (χ3v) is 9.94. The van der Waals surface area contributed by atoms with Crippen molar-refractivity contribution in [1.29, 1.82) is 0 Å². The third kappa shape index (κ3) is 4.58. The molecule has 4 fully saturated rings. The summed E-state index contributed by atoms with van der Waals surface area (Å²) in [5, 5.41) is 12.2. The summed E-state index contributed by atoms with van der Waals surface area (Å²) in [6, 6.07) is -0.588. The van der Waals surface area contributed by atoms with E-state index < -0.39 is 22.6 Å². The highest BCUT2D eigenvalue weighted by Gasteiger charge is 2.77. The van der Waals surface area contributed by atoms with Crippen molar-refractivity contribution in [1.82, 2.24) is 15.1 Å². The van der Waals surface area contributed by atoms with Crippen molar-refractivity contribution in [2.75, 3.05) is 59.2 Å². The number of nitrogens with one attached hydrogen (secondary N) is 1. The summed E-state index contributed by atoms with van der Waals surface area (Å²) in [4.78, 5) is 44.4. The van der Waals surface area contributed by atoms with Crippen molar-refractivity contribution in [3.63, 3.8) is 0 Å². The van der Waals surface area contributed by atoms with Crippen molar-refractivity contribution < 1.29 is 29.0 Å². The molecule has 0 aliphatic carbocycles. The van der Waals surface area contributed by atoms with Crippen molar-refractivity contribution in [2.45, 2.75) is 61.5 Å². The van der Waals surface area contributed by atoms with E-state index >= 15 is 0 Å². The molecule has 0 aromatic rings. The number of amides is 2. The number of nitrogens with zero attached hydrogens (tertiary/aromatic N) is 2. The molecular formula is C24H39N3O6S. The molecule has 2 amide bonds. The first-order valence-corrected chi connectivity index (χ1v) is 13.6. The fourth-order valence-electron chi connectivity index (χ4n) is 6.39.